The highest BCUT2D eigenvalue weighted by Gasteiger charge is 2.38. The molecule has 124 valence electrons. The lowest BCUT2D eigenvalue weighted by Gasteiger charge is -2.36. The molecule has 3 rings (SSSR count). The molecule has 2 fully saturated rings. The van der Waals surface area contributed by atoms with Crippen LogP contribution in [0.1, 0.15) is 20.3 Å². The van der Waals surface area contributed by atoms with Gasteiger partial charge in [0.1, 0.15) is 0 Å². The van der Waals surface area contributed by atoms with Crippen LogP contribution in [-0.4, -0.2) is 48.6 Å². The summed E-state index contributed by atoms with van der Waals surface area (Å²) in [6, 6.07) is 7.13. The maximum atomic E-state index is 12.7. The summed E-state index contributed by atoms with van der Waals surface area (Å²) in [5, 5.41) is 0.629. The molecular formula is C17H21ClN2O3. The highest BCUT2D eigenvalue weighted by molar-refractivity contribution is 6.30. The van der Waals surface area contributed by atoms with Crippen molar-refractivity contribution < 1.29 is 14.3 Å². The second-order valence-electron chi connectivity index (χ2n) is 6.38. The highest BCUT2D eigenvalue weighted by atomic mass is 35.5. The third kappa shape index (κ3) is 3.51. The van der Waals surface area contributed by atoms with Crippen LogP contribution in [0.4, 0.5) is 5.69 Å². The lowest BCUT2D eigenvalue weighted by atomic mass is 10.1. The Bertz CT molecular complexity index is 594. The molecule has 23 heavy (non-hydrogen) atoms. The first kappa shape index (κ1) is 16.3. The van der Waals surface area contributed by atoms with Crippen molar-refractivity contribution in [2.45, 2.75) is 32.5 Å². The molecule has 1 aromatic rings. The lowest BCUT2D eigenvalue weighted by Crippen LogP contribution is -2.50. The Morgan fingerprint density at radius 1 is 1.13 bits per heavy atom. The average Bonchev–Trinajstić information content (AvgIpc) is 2.88. The summed E-state index contributed by atoms with van der Waals surface area (Å²) in [5.74, 6) is -0.243. The number of rotatable bonds is 2. The van der Waals surface area contributed by atoms with E-state index in [-0.39, 0.29) is 36.4 Å². The number of anilines is 1. The smallest absolute Gasteiger partial charge is 0.228 e. The molecule has 2 saturated heterocycles. The van der Waals surface area contributed by atoms with Gasteiger partial charge in [0.2, 0.25) is 11.8 Å². The van der Waals surface area contributed by atoms with Gasteiger partial charge in [-0.2, -0.15) is 0 Å². The zero-order chi connectivity index (χ0) is 16.6. The van der Waals surface area contributed by atoms with Crippen LogP contribution in [0.2, 0.25) is 5.02 Å². The molecule has 0 spiro atoms. The largest absolute Gasteiger partial charge is 0.372 e. The van der Waals surface area contributed by atoms with Gasteiger partial charge in [-0.1, -0.05) is 11.6 Å². The Hall–Kier alpha value is -1.59. The second kappa shape index (κ2) is 6.49. The van der Waals surface area contributed by atoms with Crippen LogP contribution in [0.3, 0.4) is 0 Å². The van der Waals surface area contributed by atoms with E-state index >= 15 is 0 Å². The van der Waals surface area contributed by atoms with Crippen LogP contribution < -0.4 is 4.90 Å². The summed E-state index contributed by atoms with van der Waals surface area (Å²) < 4.78 is 5.67. The molecule has 2 aliphatic rings. The number of amides is 2. The topological polar surface area (TPSA) is 49.9 Å². The molecule has 6 heteroatoms. The molecule has 2 aliphatic heterocycles. The van der Waals surface area contributed by atoms with Gasteiger partial charge in [0, 0.05) is 36.8 Å². The minimum Gasteiger partial charge on any atom is -0.372 e. The number of carbonyl (C=O) groups is 2. The number of halogens is 1. The molecule has 0 bridgehead atoms. The van der Waals surface area contributed by atoms with E-state index in [0.29, 0.717) is 24.7 Å². The van der Waals surface area contributed by atoms with E-state index < -0.39 is 0 Å². The summed E-state index contributed by atoms with van der Waals surface area (Å²) in [6.45, 7) is 5.55. The maximum Gasteiger partial charge on any atom is 0.228 e. The predicted molar refractivity (Wildman–Crippen MR) is 88.5 cm³/mol. The Labute approximate surface area is 141 Å². The maximum absolute atomic E-state index is 12.7. The second-order valence-corrected chi connectivity index (χ2v) is 6.82. The Morgan fingerprint density at radius 3 is 2.35 bits per heavy atom. The molecule has 3 atom stereocenters. The Morgan fingerprint density at radius 2 is 1.74 bits per heavy atom. The van der Waals surface area contributed by atoms with E-state index in [1.165, 1.54) is 0 Å². The van der Waals surface area contributed by atoms with Gasteiger partial charge in [-0.25, -0.2) is 0 Å². The number of nitrogens with zero attached hydrogens (tertiary/aromatic N) is 2. The molecule has 0 N–H and O–H groups in total. The zero-order valence-corrected chi connectivity index (χ0v) is 14.1. The van der Waals surface area contributed by atoms with Crippen LogP contribution in [-0.2, 0) is 14.3 Å². The van der Waals surface area contributed by atoms with Crippen LogP contribution >= 0.6 is 11.6 Å². The minimum atomic E-state index is -0.282. The summed E-state index contributed by atoms with van der Waals surface area (Å²) in [7, 11) is 0. The van der Waals surface area contributed by atoms with Crippen molar-refractivity contribution in [3.8, 4) is 0 Å². The van der Waals surface area contributed by atoms with Gasteiger partial charge in [-0.15, -0.1) is 0 Å². The summed E-state index contributed by atoms with van der Waals surface area (Å²) >= 11 is 5.89. The van der Waals surface area contributed by atoms with E-state index in [2.05, 4.69) is 0 Å². The Balaban J connectivity index is 1.69. The quantitative estimate of drug-likeness (QED) is 0.833. The van der Waals surface area contributed by atoms with Gasteiger partial charge < -0.3 is 14.5 Å². The first-order valence-electron chi connectivity index (χ1n) is 7.94. The molecule has 0 saturated carbocycles. The van der Waals surface area contributed by atoms with E-state index in [4.69, 9.17) is 16.3 Å². The van der Waals surface area contributed by atoms with Gasteiger partial charge in [-0.3, -0.25) is 9.59 Å². The molecule has 2 amide bonds. The van der Waals surface area contributed by atoms with Crippen LogP contribution in [0.5, 0.6) is 0 Å². The van der Waals surface area contributed by atoms with Crippen LogP contribution in [0.25, 0.3) is 0 Å². The third-order valence-corrected chi connectivity index (χ3v) is 4.60. The Kier molecular flexibility index (Phi) is 4.60. The lowest BCUT2D eigenvalue weighted by molar-refractivity contribution is -0.147. The van der Waals surface area contributed by atoms with Gasteiger partial charge in [-0.05, 0) is 38.1 Å². The van der Waals surface area contributed by atoms with Gasteiger partial charge in [0.05, 0.1) is 18.1 Å². The fourth-order valence-corrected chi connectivity index (χ4v) is 3.49. The van der Waals surface area contributed by atoms with E-state index in [9.17, 15) is 9.59 Å². The third-order valence-electron chi connectivity index (χ3n) is 4.34. The fourth-order valence-electron chi connectivity index (χ4n) is 3.36. The van der Waals surface area contributed by atoms with Crippen molar-refractivity contribution in [2.75, 3.05) is 24.5 Å². The monoisotopic (exact) mass is 336 g/mol. The predicted octanol–water partition coefficient (Wildman–Crippen LogP) is 2.33. The van der Waals surface area contributed by atoms with Crippen LogP contribution in [0.15, 0.2) is 24.3 Å². The summed E-state index contributed by atoms with van der Waals surface area (Å²) in [6.07, 6.45) is 0.334. The van der Waals surface area contributed by atoms with Gasteiger partial charge in [0.25, 0.3) is 0 Å². The average molecular weight is 337 g/mol. The van der Waals surface area contributed by atoms with Crippen molar-refractivity contribution in [1.29, 1.82) is 0 Å². The molecule has 5 nitrogen and oxygen atoms in total. The van der Waals surface area contributed by atoms with Crippen molar-refractivity contribution in [3.05, 3.63) is 29.3 Å². The zero-order valence-electron chi connectivity index (χ0n) is 13.4. The number of ether oxygens (including phenoxy) is 1. The fraction of sp³-hybridized carbons (Fsp3) is 0.529. The van der Waals surface area contributed by atoms with Gasteiger partial charge in [0.15, 0.2) is 0 Å². The standard InChI is InChI=1S/C17H21ClN2O3/c1-11-8-19(9-12(2)23-11)17(22)13-7-16(21)20(10-13)15-5-3-14(18)4-6-15/h3-6,11-13H,7-10H2,1-2H3/t11-,12+,13-/m1/s1. The first-order valence-corrected chi connectivity index (χ1v) is 8.32. The molecule has 0 aliphatic carbocycles. The molecular weight excluding hydrogens is 316 g/mol. The SMILES string of the molecule is C[C@@H]1CN(C(=O)[C@@H]2CC(=O)N(c3ccc(Cl)cc3)C2)C[C@H](C)O1. The van der Waals surface area contributed by atoms with Crippen LogP contribution in [0, 0.1) is 5.92 Å². The van der Waals surface area contributed by atoms with Gasteiger partial charge >= 0.3 is 0 Å². The van der Waals surface area contributed by atoms with Crippen molar-refractivity contribution in [2.24, 2.45) is 5.92 Å². The summed E-state index contributed by atoms with van der Waals surface area (Å²) in [5.41, 5.74) is 0.790. The van der Waals surface area contributed by atoms with E-state index in [1.807, 2.05) is 30.9 Å². The number of hydrogen-bond acceptors (Lipinski definition) is 3. The molecule has 0 aromatic heterocycles. The van der Waals surface area contributed by atoms with E-state index in [0.717, 1.165) is 5.69 Å². The normalized spacial score (nSPS) is 28.3. The highest BCUT2D eigenvalue weighted by Crippen LogP contribution is 2.28. The summed E-state index contributed by atoms with van der Waals surface area (Å²) in [4.78, 5) is 28.5. The van der Waals surface area contributed by atoms with Crippen molar-refractivity contribution in [1.82, 2.24) is 4.90 Å². The molecule has 0 radical (unpaired) electrons. The number of benzene rings is 1. The van der Waals surface area contributed by atoms with Crippen molar-refractivity contribution >= 4 is 29.1 Å². The number of morpholine rings is 1. The number of carbonyl (C=O) groups excluding carboxylic acids is 2. The number of hydrogen-bond donors (Lipinski definition) is 0. The molecule has 0 unspecified atom stereocenters. The first-order chi connectivity index (χ1) is 10.9. The molecule has 1 aromatic carbocycles. The van der Waals surface area contributed by atoms with Crippen molar-refractivity contribution in [3.63, 3.8) is 0 Å². The minimum absolute atomic E-state index is 0.0139. The van der Waals surface area contributed by atoms with E-state index in [1.54, 1.807) is 17.0 Å². The molecule has 2 heterocycles.